The Labute approximate surface area is 132 Å². The Balaban J connectivity index is 2.20. The number of hydrogen-bond acceptors (Lipinski definition) is 5. The summed E-state index contributed by atoms with van der Waals surface area (Å²) < 4.78 is 5.47. The van der Waals surface area contributed by atoms with Gasteiger partial charge in [0.15, 0.2) is 5.13 Å². The fourth-order valence-electron chi connectivity index (χ4n) is 2.66. The van der Waals surface area contributed by atoms with Crippen molar-refractivity contribution in [1.82, 2.24) is 10.3 Å². The van der Waals surface area contributed by atoms with E-state index in [0.29, 0.717) is 6.04 Å². The third kappa shape index (κ3) is 4.18. The van der Waals surface area contributed by atoms with Gasteiger partial charge in [0.05, 0.1) is 5.69 Å². The van der Waals surface area contributed by atoms with Gasteiger partial charge in [-0.2, -0.15) is 0 Å². The first-order valence-electron chi connectivity index (χ1n) is 7.95. The minimum atomic E-state index is 0.0933. The van der Waals surface area contributed by atoms with Crippen LogP contribution in [0.3, 0.4) is 0 Å². The van der Waals surface area contributed by atoms with Crippen molar-refractivity contribution in [3.63, 3.8) is 0 Å². The van der Waals surface area contributed by atoms with Crippen LogP contribution in [0.25, 0.3) is 0 Å². The fraction of sp³-hybridized carbons (Fsp3) is 0.812. The van der Waals surface area contributed by atoms with Crippen LogP contribution in [-0.4, -0.2) is 37.8 Å². The summed E-state index contributed by atoms with van der Waals surface area (Å²) in [5, 5.41) is 4.59. The van der Waals surface area contributed by atoms with Crippen LogP contribution in [0.5, 0.6) is 0 Å². The first-order valence-corrected chi connectivity index (χ1v) is 8.76. The van der Waals surface area contributed by atoms with Crippen LogP contribution in [0.2, 0.25) is 0 Å². The molecule has 0 atom stereocenters. The molecule has 1 aromatic heterocycles. The summed E-state index contributed by atoms with van der Waals surface area (Å²) in [4.78, 5) is 8.71. The van der Waals surface area contributed by atoms with Gasteiger partial charge >= 0.3 is 0 Å². The zero-order valence-electron chi connectivity index (χ0n) is 14.0. The average Bonchev–Trinajstić information content (AvgIpc) is 2.89. The highest BCUT2D eigenvalue weighted by Gasteiger charge is 2.26. The third-order valence-corrected chi connectivity index (χ3v) is 5.12. The zero-order valence-corrected chi connectivity index (χ0v) is 14.8. The maximum atomic E-state index is 5.47. The van der Waals surface area contributed by atoms with E-state index in [1.807, 2.05) is 11.3 Å². The van der Waals surface area contributed by atoms with Crippen molar-refractivity contribution in [2.24, 2.45) is 0 Å². The van der Waals surface area contributed by atoms with Crippen LogP contribution in [0.15, 0.2) is 0 Å². The van der Waals surface area contributed by atoms with E-state index in [9.17, 15) is 0 Å². The Hall–Kier alpha value is -0.650. The number of rotatable bonds is 5. The highest BCUT2D eigenvalue weighted by Crippen LogP contribution is 2.35. The van der Waals surface area contributed by atoms with Crippen LogP contribution >= 0.6 is 11.3 Å². The van der Waals surface area contributed by atoms with Gasteiger partial charge in [0.25, 0.3) is 0 Å². The molecule has 0 spiro atoms. The molecule has 0 radical (unpaired) electrons. The lowest BCUT2D eigenvalue weighted by molar-refractivity contribution is 0.0855. The standard InChI is InChI=1S/C16H29N3OS/c1-6-17-11-13-14(16(2,3)4)18-15(21-13)19(5)12-7-9-20-10-8-12/h12,17H,6-11H2,1-5H3. The molecule has 0 bridgehead atoms. The molecule has 0 aliphatic carbocycles. The van der Waals surface area contributed by atoms with Crippen molar-refractivity contribution in [3.05, 3.63) is 10.6 Å². The molecule has 2 rings (SSSR count). The minimum Gasteiger partial charge on any atom is -0.381 e. The number of hydrogen-bond donors (Lipinski definition) is 1. The van der Waals surface area contributed by atoms with Crippen LogP contribution < -0.4 is 10.2 Å². The Morgan fingerprint density at radius 2 is 2.00 bits per heavy atom. The second-order valence-corrected chi connectivity index (χ2v) is 7.82. The molecule has 1 aromatic rings. The smallest absolute Gasteiger partial charge is 0.185 e. The Morgan fingerprint density at radius 1 is 1.33 bits per heavy atom. The van der Waals surface area contributed by atoms with E-state index < -0.39 is 0 Å². The number of aromatic nitrogens is 1. The van der Waals surface area contributed by atoms with Gasteiger partial charge < -0.3 is 15.0 Å². The third-order valence-electron chi connectivity index (χ3n) is 3.97. The second kappa shape index (κ2) is 7.07. The predicted octanol–water partition coefficient (Wildman–Crippen LogP) is 3.17. The van der Waals surface area contributed by atoms with Gasteiger partial charge in [-0.15, -0.1) is 11.3 Å². The maximum Gasteiger partial charge on any atom is 0.185 e. The molecule has 5 heteroatoms. The molecule has 1 N–H and O–H groups in total. The molecule has 0 aromatic carbocycles. The highest BCUT2D eigenvalue weighted by molar-refractivity contribution is 7.15. The molecule has 1 aliphatic rings. The molecule has 4 nitrogen and oxygen atoms in total. The summed E-state index contributed by atoms with van der Waals surface area (Å²) in [7, 11) is 2.18. The lowest BCUT2D eigenvalue weighted by atomic mass is 9.91. The quantitative estimate of drug-likeness (QED) is 0.906. The van der Waals surface area contributed by atoms with Crippen LogP contribution in [0, 0.1) is 0 Å². The molecular weight excluding hydrogens is 282 g/mol. The van der Waals surface area contributed by atoms with Crippen molar-refractivity contribution in [2.75, 3.05) is 31.7 Å². The molecule has 1 fully saturated rings. The number of ether oxygens (including phenoxy) is 1. The Bertz CT molecular complexity index is 447. The molecule has 0 saturated carbocycles. The lowest BCUT2D eigenvalue weighted by Crippen LogP contribution is -2.36. The van der Waals surface area contributed by atoms with Gasteiger partial charge in [0.2, 0.25) is 0 Å². The summed E-state index contributed by atoms with van der Waals surface area (Å²) >= 11 is 1.84. The van der Waals surface area contributed by atoms with E-state index in [1.54, 1.807) is 0 Å². The minimum absolute atomic E-state index is 0.0933. The summed E-state index contributed by atoms with van der Waals surface area (Å²) in [5.41, 5.74) is 1.33. The molecule has 120 valence electrons. The van der Waals surface area contributed by atoms with Gasteiger partial charge in [-0.3, -0.25) is 0 Å². The molecule has 2 heterocycles. The van der Waals surface area contributed by atoms with E-state index in [0.717, 1.165) is 44.3 Å². The van der Waals surface area contributed by atoms with E-state index in [-0.39, 0.29) is 5.41 Å². The zero-order chi connectivity index (χ0) is 15.5. The molecule has 21 heavy (non-hydrogen) atoms. The first kappa shape index (κ1) is 16.7. The van der Waals surface area contributed by atoms with Crippen molar-refractivity contribution < 1.29 is 4.74 Å². The first-order chi connectivity index (χ1) is 9.93. The Morgan fingerprint density at radius 3 is 2.57 bits per heavy atom. The topological polar surface area (TPSA) is 37.4 Å². The van der Waals surface area contributed by atoms with E-state index in [1.165, 1.54) is 10.6 Å². The van der Waals surface area contributed by atoms with Gasteiger partial charge in [0, 0.05) is 43.1 Å². The van der Waals surface area contributed by atoms with Crippen LogP contribution in [0.4, 0.5) is 5.13 Å². The summed E-state index contributed by atoms with van der Waals surface area (Å²) in [6.07, 6.45) is 2.20. The molecular formula is C16H29N3OS. The van der Waals surface area contributed by atoms with Crippen LogP contribution in [0.1, 0.15) is 51.1 Å². The van der Waals surface area contributed by atoms with Crippen molar-refractivity contribution in [2.45, 2.75) is 58.5 Å². The summed E-state index contributed by atoms with van der Waals surface area (Å²) in [5.74, 6) is 0. The summed E-state index contributed by atoms with van der Waals surface area (Å²) in [6, 6.07) is 0.560. The fourth-order valence-corrected chi connectivity index (χ4v) is 3.94. The normalized spacial score (nSPS) is 17.2. The van der Waals surface area contributed by atoms with Crippen molar-refractivity contribution in [3.8, 4) is 0 Å². The van der Waals surface area contributed by atoms with Crippen molar-refractivity contribution >= 4 is 16.5 Å². The highest BCUT2D eigenvalue weighted by atomic mass is 32.1. The van der Waals surface area contributed by atoms with Gasteiger partial charge in [0.1, 0.15) is 0 Å². The molecule has 0 amide bonds. The van der Waals surface area contributed by atoms with Gasteiger partial charge in [-0.05, 0) is 19.4 Å². The van der Waals surface area contributed by atoms with E-state index in [4.69, 9.17) is 9.72 Å². The van der Waals surface area contributed by atoms with Gasteiger partial charge in [-0.25, -0.2) is 4.98 Å². The molecule has 1 aliphatic heterocycles. The van der Waals surface area contributed by atoms with E-state index >= 15 is 0 Å². The second-order valence-electron chi connectivity index (χ2n) is 6.75. The summed E-state index contributed by atoms with van der Waals surface area (Å²) in [6.45, 7) is 12.5. The monoisotopic (exact) mass is 311 g/mol. The number of nitrogens with one attached hydrogen (secondary N) is 1. The van der Waals surface area contributed by atoms with E-state index in [2.05, 4.69) is 45.0 Å². The predicted molar refractivity (Wildman–Crippen MR) is 90.4 cm³/mol. The molecule has 0 unspecified atom stereocenters. The maximum absolute atomic E-state index is 5.47. The number of thiazole rings is 1. The SMILES string of the molecule is CCNCc1sc(N(C)C2CCOCC2)nc1C(C)(C)C. The average molecular weight is 311 g/mol. The Kier molecular flexibility index (Phi) is 5.63. The van der Waals surface area contributed by atoms with Crippen molar-refractivity contribution in [1.29, 1.82) is 0 Å². The largest absolute Gasteiger partial charge is 0.381 e. The van der Waals surface area contributed by atoms with Crippen LogP contribution in [-0.2, 0) is 16.7 Å². The van der Waals surface area contributed by atoms with Gasteiger partial charge in [-0.1, -0.05) is 27.7 Å². The lowest BCUT2D eigenvalue weighted by Gasteiger charge is -2.31. The number of anilines is 1. The molecule has 1 saturated heterocycles. The number of nitrogens with zero attached hydrogens (tertiary/aromatic N) is 2.